The molecule has 0 aliphatic heterocycles. The van der Waals surface area contributed by atoms with Crippen molar-refractivity contribution in [1.82, 2.24) is 5.32 Å². The summed E-state index contributed by atoms with van der Waals surface area (Å²) >= 11 is 5.85. The summed E-state index contributed by atoms with van der Waals surface area (Å²) in [6.07, 6.45) is -1.28. The average molecular weight is 380 g/mol. The van der Waals surface area contributed by atoms with Crippen LogP contribution in [0, 0.1) is 0 Å². The summed E-state index contributed by atoms with van der Waals surface area (Å²) in [7, 11) is -3.78. The number of benzene rings is 1. The van der Waals surface area contributed by atoms with E-state index < -0.39 is 19.5 Å². The lowest BCUT2D eigenvalue weighted by Gasteiger charge is -2.25. The first-order valence-corrected chi connectivity index (χ1v) is 10.3. The van der Waals surface area contributed by atoms with Crippen molar-refractivity contribution in [3.8, 4) is 0 Å². The summed E-state index contributed by atoms with van der Waals surface area (Å²) in [5.41, 5.74) is 1.01. The number of aliphatic hydroxyl groups excluding tert-OH is 1. The fourth-order valence-electron chi connectivity index (χ4n) is 2.20. The molecule has 3 N–H and O–H groups in total. The van der Waals surface area contributed by atoms with Crippen molar-refractivity contribution in [2.24, 2.45) is 0 Å². The molecule has 0 aliphatic carbocycles. The molecule has 0 spiro atoms. The standard InChI is InChI=1S/C16H27ClNO5P/c1-4-22-16(23-5-2)24(20,21)11-15(19)10-18-12(3)13-6-8-14(17)9-7-13/h6-9,12,15-16,18-19H,4-5,10-11H2,1-3H3,(H,20,21)/t12?,15-/m1/s1. The molecule has 2 unspecified atom stereocenters. The summed E-state index contributed by atoms with van der Waals surface area (Å²) in [6, 6.07) is 6.15. The van der Waals surface area contributed by atoms with Crippen molar-refractivity contribution in [3.63, 3.8) is 0 Å². The van der Waals surface area contributed by atoms with E-state index in [1.165, 1.54) is 0 Å². The Hall–Kier alpha value is -0.460. The molecule has 0 bridgehead atoms. The number of rotatable bonds is 11. The summed E-state index contributed by atoms with van der Waals surface area (Å²) in [5, 5.41) is 13.9. The number of aliphatic hydroxyl groups is 1. The molecule has 24 heavy (non-hydrogen) atoms. The Labute approximate surface area is 148 Å². The van der Waals surface area contributed by atoms with Crippen molar-refractivity contribution in [2.75, 3.05) is 25.9 Å². The molecule has 0 saturated heterocycles. The van der Waals surface area contributed by atoms with E-state index in [1.807, 2.05) is 19.1 Å². The molecule has 0 radical (unpaired) electrons. The highest BCUT2D eigenvalue weighted by Gasteiger charge is 2.34. The summed E-state index contributed by atoms with van der Waals surface area (Å²) < 4.78 is 22.7. The predicted molar refractivity (Wildman–Crippen MR) is 95.6 cm³/mol. The van der Waals surface area contributed by atoms with Gasteiger partial charge in [0.25, 0.3) is 7.37 Å². The molecule has 0 fully saturated rings. The normalized spacial score (nSPS) is 16.8. The van der Waals surface area contributed by atoms with E-state index in [-0.39, 0.29) is 32.0 Å². The second kappa shape index (κ2) is 10.5. The summed E-state index contributed by atoms with van der Waals surface area (Å²) in [6.45, 7) is 6.08. The Kier molecular flexibility index (Phi) is 9.45. The SMILES string of the molecule is CCOC(OCC)P(=O)(O)C[C@H](O)CNC(C)c1ccc(Cl)cc1. The molecule has 0 saturated carbocycles. The van der Waals surface area contributed by atoms with Gasteiger partial charge in [-0.2, -0.15) is 0 Å². The maximum Gasteiger partial charge on any atom is 0.257 e. The van der Waals surface area contributed by atoms with Gasteiger partial charge in [-0.25, -0.2) is 0 Å². The molecule has 6 nitrogen and oxygen atoms in total. The first kappa shape index (κ1) is 21.6. The zero-order valence-electron chi connectivity index (χ0n) is 14.3. The number of hydrogen-bond donors (Lipinski definition) is 3. The lowest BCUT2D eigenvalue weighted by atomic mass is 10.1. The van der Waals surface area contributed by atoms with Gasteiger partial charge in [0.05, 0.1) is 12.3 Å². The van der Waals surface area contributed by atoms with Crippen molar-refractivity contribution in [3.05, 3.63) is 34.9 Å². The van der Waals surface area contributed by atoms with Crippen LogP contribution in [0.4, 0.5) is 0 Å². The van der Waals surface area contributed by atoms with E-state index >= 15 is 0 Å². The number of nitrogens with one attached hydrogen (secondary N) is 1. The van der Waals surface area contributed by atoms with Gasteiger partial charge < -0.3 is 24.8 Å². The Balaban J connectivity index is 2.53. The maximum atomic E-state index is 12.4. The van der Waals surface area contributed by atoms with Crippen molar-refractivity contribution in [1.29, 1.82) is 0 Å². The van der Waals surface area contributed by atoms with Gasteiger partial charge in [-0.1, -0.05) is 23.7 Å². The molecule has 8 heteroatoms. The third kappa shape index (κ3) is 7.19. The largest absolute Gasteiger partial charge is 0.391 e. The number of ether oxygens (including phenoxy) is 2. The van der Waals surface area contributed by atoms with Crippen LogP contribution in [0.25, 0.3) is 0 Å². The highest BCUT2D eigenvalue weighted by Crippen LogP contribution is 2.47. The van der Waals surface area contributed by atoms with E-state index in [0.717, 1.165) is 5.56 Å². The highest BCUT2D eigenvalue weighted by atomic mass is 35.5. The zero-order valence-corrected chi connectivity index (χ0v) is 16.0. The van der Waals surface area contributed by atoms with Gasteiger partial charge in [-0.3, -0.25) is 4.57 Å². The minimum Gasteiger partial charge on any atom is -0.391 e. The van der Waals surface area contributed by atoms with Crippen LogP contribution in [0.15, 0.2) is 24.3 Å². The second-order valence-electron chi connectivity index (χ2n) is 5.49. The third-order valence-corrected chi connectivity index (χ3v) is 5.60. The van der Waals surface area contributed by atoms with Crippen LogP contribution in [0.1, 0.15) is 32.4 Å². The minimum absolute atomic E-state index is 0.0235. The lowest BCUT2D eigenvalue weighted by molar-refractivity contribution is -0.0876. The van der Waals surface area contributed by atoms with E-state index in [2.05, 4.69) is 5.32 Å². The molecule has 0 aliphatic rings. The van der Waals surface area contributed by atoms with Gasteiger partial charge >= 0.3 is 0 Å². The Bertz CT molecular complexity index is 522. The molecule has 138 valence electrons. The molecule has 3 atom stereocenters. The van der Waals surface area contributed by atoms with Crippen LogP contribution in [0.2, 0.25) is 5.02 Å². The Morgan fingerprint density at radius 2 is 1.75 bits per heavy atom. The number of hydrogen-bond acceptors (Lipinski definition) is 5. The van der Waals surface area contributed by atoms with Crippen molar-refractivity contribution in [2.45, 2.75) is 38.9 Å². The summed E-state index contributed by atoms with van der Waals surface area (Å²) in [4.78, 5) is 10.1. The molecule has 1 rings (SSSR count). The quantitative estimate of drug-likeness (QED) is 0.404. The van der Waals surface area contributed by atoms with Crippen LogP contribution in [-0.4, -0.2) is 48.1 Å². The van der Waals surface area contributed by atoms with Gasteiger partial charge in [0, 0.05) is 30.8 Å². The van der Waals surface area contributed by atoms with Crippen LogP contribution in [-0.2, 0) is 14.0 Å². The van der Waals surface area contributed by atoms with E-state index in [0.29, 0.717) is 5.02 Å². The van der Waals surface area contributed by atoms with Crippen LogP contribution < -0.4 is 5.32 Å². The molecule has 0 aromatic heterocycles. The van der Waals surface area contributed by atoms with Crippen LogP contribution >= 0.6 is 19.0 Å². The highest BCUT2D eigenvalue weighted by molar-refractivity contribution is 7.58. The lowest BCUT2D eigenvalue weighted by Crippen LogP contribution is -2.33. The van der Waals surface area contributed by atoms with Crippen LogP contribution in [0.5, 0.6) is 0 Å². The van der Waals surface area contributed by atoms with Gasteiger partial charge in [-0.15, -0.1) is 0 Å². The van der Waals surface area contributed by atoms with Crippen LogP contribution in [0.3, 0.4) is 0 Å². The van der Waals surface area contributed by atoms with Gasteiger partial charge in [0.15, 0.2) is 0 Å². The van der Waals surface area contributed by atoms with Crippen molar-refractivity contribution < 1.29 is 24.0 Å². The Morgan fingerprint density at radius 1 is 1.21 bits per heavy atom. The van der Waals surface area contributed by atoms with Gasteiger partial charge in [0.1, 0.15) is 0 Å². The second-order valence-corrected chi connectivity index (χ2v) is 8.23. The smallest absolute Gasteiger partial charge is 0.257 e. The van der Waals surface area contributed by atoms with Crippen molar-refractivity contribution >= 4 is 19.0 Å². The molecule has 1 aromatic carbocycles. The predicted octanol–water partition coefficient (Wildman–Crippen LogP) is 2.98. The molecule has 0 heterocycles. The molecule has 1 aromatic rings. The number of halogens is 1. The maximum absolute atomic E-state index is 12.4. The summed E-state index contributed by atoms with van der Waals surface area (Å²) in [5.74, 6) is 0. The molecule has 0 amide bonds. The first-order valence-electron chi connectivity index (χ1n) is 8.01. The minimum atomic E-state index is -3.78. The van der Waals surface area contributed by atoms with E-state index in [9.17, 15) is 14.6 Å². The zero-order chi connectivity index (χ0) is 18.2. The van der Waals surface area contributed by atoms with E-state index in [4.69, 9.17) is 21.1 Å². The molecular weight excluding hydrogens is 353 g/mol. The fourth-order valence-corrected chi connectivity index (χ4v) is 4.00. The first-order chi connectivity index (χ1) is 11.3. The van der Waals surface area contributed by atoms with Gasteiger partial charge in [-0.05, 0) is 38.5 Å². The Morgan fingerprint density at radius 3 is 2.25 bits per heavy atom. The van der Waals surface area contributed by atoms with E-state index in [1.54, 1.807) is 26.0 Å². The topological polar surface area (TPSA) is 88.0 Å². The molecular formula is C16H27ClNO5P. The monoisotopic (exact) mass is 379 g/mol. The van der Waals surface area contributed by atoms with Gasteiger partial charge in [0.2, 0.25) is 6.03 Å². The average Bonchev–Trinajstić information content (AvgIpc) is 2.52. The third-order valence-electron chi connectivity index (χ3n) is 3.45. The fraction of sp³-hybridized carbons (Fsp3) is 0.625.